The van der Waals surface area contributed by atoms with Gasteiger partial charge >= 0.3 is 0 Å². The van der Waals surface area contributed by atoms with Gasteiger partial charge in [-0.05, 0) is 54.7 Å². The predicted molar refractivity (Wildman–Crippen MR) is 117 cm³/mol. The second-order valence-corrected chi connectivity index (χ2v) is 8.26. The highest BCUT2D eigenvalue weighted by atomic mass is 19.1. The third-order valence-corrected chi connectivity index (χ3v) is 5.46. The first-order valence-electron chi connectivity index (χ1n) is 10.6. The van der Waals surface area contributed by atoms with Crippen molar-refractivity contribution < 1.29 is 18.7 Å². The Balaban J connectivity index is 1.34. The quantitative estimate of drug-likeness (QED) is 0.498. The maximum atomic E-state index is 13.4. The summed E-state index contributed by atoms with van der Waals surface area (Å²) in [5.74, 6) is -0.630. The molecule has 7 nitrogen and oxygen atoms in total. The minimum absolute atomic E-state index is 0.118. The van der Waals surface area contributed by atoms with E-state index in [2.05, 4.69) is 36.3 Å². The number of fused-ring (bicyclic) bond motifs is 1. The summed E-state index contributed by atoms with van der Waals surface area (Å²) in [6.07, 6.45) is 2.37. The monoisotopic (exact) mass is 436 g/mol. The van der Waals surface area contributed by atoms with Crippen LogP contribution in [0, 0.1) is 12.7 Å². The zero-order chi connectivity index (χ0) is 22.8. The van der Waals surface area contributed by atoms with Crippen LogP contribution in [0.25, 0.3) is 0 Å². The topological polar surface area (TPSA) is 77.3 Å². The molecule has 0 N–H and O–H groups in total. The molecular weight excluding hydrogens is 411 g/mol. The zero-order valence-electron chi connectivity index (χ0n) is 18.3. The number of ether oxygens (including phenoxy) is 1. The molecule has 1 amide bonds. The van der Waals surface area contributed by atoms with E-state index in [1.165, 1.54) is 17.0 Å². The molecule has 1 aliphatic heterocycles. The van der Waals surface area contributed by atoms with Crippen molar-refractivity contribution in [3.05, 3.63) is 70.8 Å². The summed E-state index contributed by atoms with van der Waals surface area (Å²) in [4.78, 5) is 25.7. The van der Waals surface area contributed by atoms with Crippen molar-refractivity contribution in [2.45, 2.75) is 46.3 Å². The molecule has 0 fully saturated rings. The van der Waals surface area contributed by atoms with Crippen molar-refractivity contribution in [3.63, 3.8) is 0 Å². The Kier molecular flexibility index (Phi) is 6.03. The Morgan fingerprint density at radius 3 is 2.69 bits per heavy atom. The number of benzene rings is 2. The van der Waals surface area contributed by atoms with Crippen LogP contribution in [0.15, 0.2) is 42.6 Å². The van der Waals surface area contributed by atoms with Crippen molar-refractivity contribution in [1.82, 2.24) is 15.0 Å². The number of ketones is 1. The standard InChI is InChI=1S/C24H25FN4O3/c1-15(2)19-7-5-16(3)11-22(19)32-14-18-13-28(27-26-18)9-4-10-29-21-8-6-17(25)12-20(21)23(30)24(29)31/h5-8,11-13,15H,4,9-10,14H2,1-3H3. The van der Waals surface area contributed by atoms with Gasteiger partial charge in [-0.15, -0.1) is 5.10 Å². The first-order valence-corrected chi connectivity index (χ1v) is 10.6. The Labute approximate surface area is 185 Å². The molecular formula is C24H25FN4O3. The number of amides is 1. The van der Waals surface area contributed by atoms with Crippen molar-refractivity contribution in [2.75, 3.05) is 11.4 Å². The summed E-state index contributed by atoms with van der Waals surface area (Å²) in [5.41, 5.74) is 3.55. The van der Waals surface area contributed by atoms with Crippen molar-refractivity contribution >= 4 is 17.4 Å². The van der Waals surface area contributed by atoms with E-state index in [4.69, 9.17) is 4.74 Å². The molecule has 166 valence electrons. The van der Waals surface area contributed by atoms with Crippen LogP contribution in [0.5, 0.6) is 5.75 Å². The van der Waals surface area contributed by atoms with Gasteiger partial charge in [-0.1, -0.05) is 31.2 Å². The Morgan fingerprint density at radius 1 is 1.09 bits per heavy atom. The summed E-state index contributed by atoms with van der Waals surface area (Å²) in [7, 11) is 0. The molecule has 0 aliphatic carbocycles. The lowest BCUT2D eigenvalue weighted by Crippen LogP contribution is -2.31. The molecule has 0 radical (unpaired) electrons. The second-order valence-electron chi connectivity index (χ2n) is 8.26. The van der Waals surface area contributed by atoms with E-state index in [9.17, 15) is 14.0 Å². The van der Waals surface area contributed by atoms with E-state index in [1.807, 2.05) is 19.2 Å². The number of anilines is 1. The van der Waals surface area contributed by atoms with Crippen molar-refractivity contribution in [1.29, 1.82) is 0 Å². The molecule has 0 spiro atoms. The first kappa shape index (κ1) is 21.7. The summed E-state index contributed by atoms with van der Waals surface area (Å²) < 4.78 is 21.1. The van der Waals surface area contributed by atoms with Crippen LogP contribution >= 0.6 is 0 Å². The normalized spacial score (nSPS) is 13.2. The minimum atomic E-state index is -0.670. The molecule has 32 heavy (non-hydrogen) atoms. The molecule has 0 atom stereocenters. The number of hydrogen-bond acceptors (Lipinski definition) is 5. The van der Waals surface area contributed by atoms with Crippen LogP contribution in [-0.2, 0) is 17.9 Å². The molecule has 0 saturated heterocycles. The fourth-order valence-corrected chi connectivity index (χ4v) is 3.79. The molecule has 0 bridgehead atoms. The summed E-state index contributed by atoms with van der Waals surface area (Å²) in [6, 6.07) is 10.0. The number of nitrogens with zero attached hydrogens (tertiary/aromatic N) is 4. The van der Waals surface area contributed by atoms with E-state index in [-0.39, 0.29) is 5.56 Å². The van der Waals surface area contributed by atoms with E-state index >= 15 is 0 Å². The summed E-state index contributed by atoms with van der Waals surface area (Å²) in [5, 5.41) is 8.29. The lowest BCUT2D eigenvalue weighted by Gasteiger charge is -2.16. The first-order chi connectivity index (χ1) is 15.3. The molecule has 0 unspecified atom stereocenters. The number of aryl methyl sites for hydroxylation is 2. The van der Waals surface area contributed by atoms with Crippen LogP contribution in [0.3, 0.4) is 0 Å². The molecule has 3 aromatic rings. The SMILES string of the molecule is Cc1ccc(C(C)C)c(OCc2cn(CCCN3C(=O)C(=O)c4cc(F)ccc43)nn2)c1. The van der Waals surface area contributed by atoms with Crippen LogP contribution in [0.2, 0.25) is 0 Å². The van der Waals surface area contributed by atoms with Crippen molar-refractivity contribution in [2.24, 2.45) is 0 Å². The Bertz CT molecular complexity index is 1170. The average molecular weight is 436 g/mol. The highest BCUT2D eigenvalue weighted by Crippen LogP contribution is 2.30. The van der Waals surface area contributed by atoms with E-state index in [0.29, 0.717) is 43.4 Å². The highest BCUT2D eigenvalue weighted by Gasteiger charge is 2.35. The van der Waals surface area contributed by atoms with Gasteiger partial charge in [0.15, 0.2) is 0 Å². The molecule has 2 heterocycles. The fraction of sp³-hybridized carbons (Fsp3) is 0.333. The largest absolute Gasteiger partial charge is 0.487 e. The summed E-state index contributed by atoms with van der Waals surface area (Å²) >= 11 is 0. The van der Waals surface area contributed by atoms with E-state index in [0.717, 1.165) is 22.9 Å². The van der Waals surface area contributed by atoms with Crippen LogP contribution in [0.4, 0.5) is 10.1 Å². The Morgan fingerprint density at radius 2 is 1.91 bits per heavy atom. The maximum Gasteiger partial charge on any atom is 0.299 e. The van der Waals surface area contributed by atoms with Gasteiger partial charge in [0.05, 0.1) is 17.4 Å². The molecule has 1 aromatic heterocycles. The van der Waals surface area contributed by atoms with E-state index < -0.39 is 17.5 Å². The molecule has 2 aromatic carbocycles. The number of hydrogen-bond donors (Lipinski definition) is 0. The number of carbonyl (C=O) groups is 2. The minimum Gasteiger partial charge on any atom is -0.487 e. The molecule has 8 heteroatoms. The van der Waals surface area contributed by atoms with Gasteiger partial charge < -0.3 is 9.64 Å². The Hall–Kier alpha value is -3.55. The smallest absolute Gasteiger partial charge is 0.299 e. The lowest BCUT2D eigenvalue weighted by atomic mass is 10.0. The third-order valence-electron chi connectivity index (χ3n) is 5.46. The van der Waals surface area contributed by atoms with Gasteiger partial charge in [0.1, 0.15) is 23.9 Å². The zero-order valence-corrected chi connectivity index (χ0v) is 18.3. The fourth-order valence-electron chi connectivity index (χ4n) is 3.79. The lowest BCUT2D eigenvalue weighted by molar-refractivity contribution is -0.114. The second kappa shape index (κ2) is 8.90. The number of halogens is 1. The molecule has 4 rings (SSSR count). The van der Waals surface area contributed by atoms with Gasteiger partial charge in [0.25, 0.3) is 11.7 Å². The predicted octanol–water partition coefficient (Wildman–Crippen LogP) is 4.05. The number of carbonyl (C=O) groups excluding carboxylic acids is 2. The number of rotatable bonds is 8. The molecule has 1 aliphatic rings. The number of aromatic nitrogens is 3. The summed E-state index contributed by atoms with van der Waals surface area (Å²) in [6.45, 7) is 7.43. The number of Topliss-reactive ketones (excluding diaryl/α,β-unsaturated/α-hetero) is 1. The van der Waals surface area contributed by atoms with Gasteiger partial charge in [-0.3, -0.25) is 14.3 Å². The van der Waals surface area contributed by atoms with Crippen LogP contribution < -0.4 is 9.64 Å². The van der Waals surface area contributed by atoms with Crippen molar-refractivity contribution in [3.8, 4) is 5.75 Å². The molecule has 0 saturated carbocycles. The van der Waals surface area contributed by atoms with Gasteiger partial charge in [-0.2, -0.15) is 0 Å². The maximum absolute atomic E-state index is 13.4. The average Bonchev–Trinajstić information content (AvgIpc) is 3.30. The van der Waals surface area contributed by atoms with Gasteiger partial charge in [0.2, 0.25) is 0 Å². The van der Waals surface area contributed by atoms with Gasteiger partial charge in [0, 0.05) is 13.1 Å². The van der Waals surface area contributed by atoms with Crippen LogP contribution in [-0.4, -0.2) is 33.2 Å². The van der Waals surface area contributed by atoms with E-state index in [1.54, 1.807) is 4.68 Å². The third kappa shape index (κ3) is 4.39. The van der Waals surface area contributed by atoms with Crippen LogP contribution in [0.1, 0.15) is 53.4 Å². The van der Waals surface area contributed by atoms with Gasteiger partial charge in [-0.25, -0.2) is 4.39 Å². The highest BCUT2D eigenvalue weighted by molar-refractivity contribution is 6.52.